The van der Waals surface area contributed by atoms with Crippen LogP contribution >= 0.6 is 0 Å². The van der Waals surface area contributed by atoms with Gasteiger partial charge < -0.3 is 19.6 Å². The van der Waals surface area contributed by atoms with E-state index in [0.717, 1.165) is 68.2 Å². The van der Waals surface area contributed by atoms with E-state index < -0.39 is 48.4 Å². The molecule has 0 amide bonds. The lowest BCUT2D eigenvalue weighted by Gasteiger charge is -2.31. The molecule has 0 bridgehead atoms. The summed E-state index contributed by atoms with van der Waals surface area (Å²) < 4.78 is 0. The summed E-state index contributed by atoms with van der Waals surface area (Å²) >= 11 is 0. The van der Waals surface area contributed by atoms with Gasteiger partial charge in [-0.25, -0.2) is 0 Å². The number of anilines is 12. The highest BCUT2D eigenvalue weighted by atomic mass is 28.3. The molecule has 10 heteroatoms. The molecule has 0 aromatic heterocycles. The summed E-state index contributed by atoms with van der Waals surface area (Å²) in [6.45, 7) is 43.6. The summed E-state index contributed by atoms with van der Waals surface area (Å²) in [7, 11) is -9.04. The Morgan fingerprint density at radius 2 is 0.207 bits per heavy atom. The van der Waals surface area contributed by atoms with E-state index in [9.17, 15) is 0 Å². The minimum absolute atomic E-state index is 1.08. The van der Waals surface area contributed by atoms with Crippen molar-refractivity contribution in [3.8, 4) is 0 Å². The van der Waals surface area contributed by atoms with Crippen molar-refractivity contribution < 1.29 is 0 Å². The normalized spacial score (nSPS) is 12.5. The number of hydrogen-bond donors (Lipinski definition) is 0. The smallest absolute Gasteiger partial charge is 0.0775 e. The Balaban J connectivity index is 1.17. The third kappa shape index (κ3) is 13.8. The second-order valence-electron chi connectivity index (χ2n) is 28.7. The third-order valence-electron chi connectivity index (χ3n) is 16.0. The van der Waals surface area contributed by atoms with Crippen LogP contribution in [-0.2, 0) is 0 Å². The van der Waals surface area contributed by atoms with E-state index >= 15 is 0 Å². The zero-order valence-electron chi connectivity index (χ0n) is 52.6. The maximum absolute atomic E-state index is 2.42. The first-order valence-electron chi connectivity index (χ1n) is 29.6. The minimum Gasteiger partial charge on any atom is -0.311 e. The van der Waals surface area contributed by atoms with Crippen LogP contribution in [-0.4, -0.2) is 48.4 Å². The van der Waals surface area contributed by atoms with E-state index in [1.54, 1.807) is 0 Å². The molecular formula is C72H90N4Si6. The molecule has 0 fully saturated rings. The Hall–Kier alpha value is -6.52. The van der Waals surface area contributed by atoms with Crippen LogP contribution in [0.25, 0.3) is 0 Å². The highest BCUT2D eigenvalue weighted by molar-refractivity contribution is 6.90. The van der Waals surface area contributed by atoms with Crippen LogP contribution < -0.4 is 50.7 Å². The Kier molecular flexibility index (Phi) is 17.0. The summed E-state index contributed by atoms with van der Waals surface area (Å²) in [5.41, 5.74) is 13.5. The highest BCUT2D eigenvalue weighted by Gasteiger charge is 2.26. The van der Waals surface area contributed by atoms with Crippen LogP contribution in [0.2, 0.25) is 118 Å². The van der Waals surface area contributed by atoms with Gasteiger partial charge in [-0.2, -0.15) is 0 Å². The van der Waals surface area contributed by atoms with Crippen molar-refractivity contribution in [2.24, 2.45) is 0 Å². The van der Waals surface area contributed by atoms with E-state index in [1.807, 2.05) is 0 Å². The summed E-state index contributed by atoms with van der Waals surface area (Å²) in [4.78, 5) is 9.67. The lowest BCUT2D eigenvalue weighted by Crippen LogP contribution is -2.37. The molecule has 0 atom stereocenters. The van der Waals surface area contributed by atoms with Gasteiger partial charge in [0.2, 0.25) is 0 Å². The van der Waals surface area contributed by atoms with Crippen LogP contribution in [0.5, 0.6) is 0 Å². The molecule has 0 saturated heterocycles. The molecule has 0 heterocycles. The highest BCUT2D eigenvalue weighted by Crippen LogP contribution is 2.43. The Labute approximate surface area is 500 Å². The van der Waals surface area contributed by atoms with E-state index in [-0.39, 0.29) is 0 Å². The third-order valence-corrected chi connectivity index (χ3v) is 28.4. The molecule has 0 aliphatic heterocycles. The van der Waals surface area contributed by atoms with Gasteiger partial charge in [-0.3, -0.25) is 0 Å². The quantitative estimate of drug-likeness (QED) is 0.0794. The van der Waals surface area contributed by atoms with Crippen molar-refractivity contribution >= 4 is 148 Å². The van der Waals surface area contributed by atoms with Gasteiger partial charge in [-0.1, -0.05) is 222 Å². The average Bonchev–Trinajstić information content (AvgIpc) is 3.54. The van der Waals surface area contributed by atoms with Crippen LogP contribution in [0.4, 0.5) is 68.2 Å². The molecule has 422 valence electrons. The molecule has 0 radical (unpaired) electrons. The van der Waals surface area contributed by atoms with Gasteiger partial charge in [0.1, 0.15) is 0 Å². The molecule has 0 aliphatic carbocycles. The first-order valence-corrected chi connectivity index (χ1v) is 50.6. The predicted octanol–water partition coefficient (Wildman–Crippen LogP) is 18.8. The van der Waals surface area contributed by atoms with Gasteiger partial charge in [-0.15, -0.1) is 0 Å². The molecule has 0 saturated carbocycles. The van der Waals surface area contributed by atoms with Gasteiger partial charge in [-0.05, 0) is 146 Å². The van der Waals surface area contributed by atoms with Crippen molar-refractivity contribution in [2.45, 2.75) is 118 Å². The summed E-state index contributed by atoms with van der Waals surface area (Å²) in [5.74, 6) is 0. The number of benzene rings is 9. The lowest BCUT2D eigenvalue weighted by molar-refractivity contribution is 1.24. The monoisotopic (exact) mass is 1180 g/mol. The van der Waals surface area contributed by atoms with Gasteiger partial charge in [0, 0.05) is 68.2 Å². The lowest BCUT2D eigenvalue weighted by atomic mass is 10.1. The topological polar surface area (TPSA) is 13.0 Å². The summed E-state index contributed by atoms with van der Waals surface area (Å²) in [5, 5.41) is 8.75. The zero-order valence-corrected chi connectivity index (χ0v) is 58.6. The maximum atomic E-state index is 2.42. The SMILES string of the molecule is C[Si](C)(C)c1ccc(N(c2ccc(N(c3ccc(N(c4ccc([Si](C)(C)C)cc4)c4ccc([Si](C)(C)C)cc4)cc3)c3ccc(N(c4ccc([Si](C)(C)C)cc4)c4ccc([Si](C)(C)C)cc4)cc3)cc2)c2ccc([Si](C)(C)C)cc2)cc1. The maximum Gasteiger partial charge on any atom is 0.0775 e. The fourth-order valence-electron chi connectivity index (χ4n) is 10.7. The molecule has 0 N–H and O–H groups in total. The second-order valence-corrected chi connectivity index (χ2v) is 59.1. The van der Waals surface area contributed by atoms with Gasteiger partial charge in [0.25, 0.3) is 0 Å². The van der Waals surface area contributed by atoms with Gasteiger partial charge >= 0.3 is 0 Å². The van der Waals surface area contributed by atoms with E-state index in [0.29, 0.717) is 0 Å². The van der Waals surface area contributed by atoms with Crippen molar-refractivity contribution in [2.75, 3.05) is 19.6 Å². The number of nitrogens with zero attached hydrogens (tertiary/aromatic N) is 4. The van der Waals surface area contributed by atoms with Gasteiger partial charge in [0.05, 0.1) is 48.4 Å². The van der Waals surface area contributed by atoms with E-state index in [2.05, 4.69) is 356 Å². The molecular weight excluding hydrogens is 1090 g/mol. The first-order chi connectivity index (χ1) is 38.4. The predicted molar refractivity (Wildman–Crippen MR) is 383 cm³/mol. The van der Waals surface area contributed by atoms with Crippen molar-refractivity contribution in [1.82, 2.24) is 0 Å². The van der Waals surface area contributed by atoms with Crippen LogP contribution in [0.3, 0.4) is 0 Å². The van der Waals surface area contributed by atoms with Crippen LogP contribution in [0.15, 0.2) is 218 Å². The molecule has 0 spiro atoms. The first kappa shape index (κ1) is 60.1. The minimum atomic E-state index is -1.51. The Morgan fingerprint density at radius 1 is 0.134 bits per heavy atom. The van der Waals surface area contributed by atoms with Crippen molar-refractivity contribution in [3.05, 3.63) is 218 Å². The average molecular weight is 1180 g/mol. The molecule has 4 nitrogen and oxygen atoms in total. The molecule has 9 aromatic rings. The molecule has 82 heavy (non-hydrogen) atoms. The molecule has 9 rings (SSSR count). The van der Waals surface area contributed by atoms with E-state index in [1.165, 1.54) is 31.1 Å². The Bertz CT molecular complexity index is 3000. The number of rotatable bonds is 18. The van der Waals surface area contributed by atoms with Gasteiger partial charge in [0.15, 0.2) is 0 Å². The molecule has 9 aromatic carbocycles. The Morgan fingerprint density at radius 3 is 0.280 bits per heavy atom. The van der Waals surface area contributed by atoms with Crippen molar-refractivity contribution in [1.29, 1.82) is 0 Å². The van der Waals surface area contributed by atoms with Crippen LogP contribution in [0.1, 0.15) is 0 Å². The standard InChI is InChI=1S/C72H90N4Si6/c1-77(2,3)67-43-31-61(32-44-67)74(62-33-45-68(46-34-62)78(4,5)6)58-25-19-55(20-26-58)73(56-21-27-59(28-22-56)75(63-35-47-69(48-36-63)79(7,8)9)64-37-49-70(50-38-64)80(10,11)12)57-23-29-60(30-24-57)76(65-39-51-71(52-40-65)81(13,14)15)66-41-53-72(54-42-66)82(16,17)18/h19-54H,1-18H3. The molecule has 0 aliphatic rings. The van der Waals surface area contributed by atoms with Crippen LogP contribution in [0, 0.1) is 0 Å². The van der Waals surface area contributed by atoms with Crippen molar-refractivity contribution in [3.63, 3.8) is 0 Å². The fraction of sp³-hybridized carbons (Fsp3) is 0.250. The summed E-state index contributed by atoms with van der Waals surface area (Å²) in [6.07, 6.45) is 0. The second kappa shape index (κ2) is 23.3. The number of hydrogen-bond acceptors (Lipinski definition) is 4. The summed E-state index contributed by atoms with van der Waals surface area (Å²) in [6, 6.07) is 83.7. The van der Waals surface area contributed by atoms with E-state index in [4.69, 9.17) is 0 Å². The largest absolute Gasteiger partial charge is 0.311 e. The molecule has 0 unspecified atom stereocenters. The zero-order chi connectivity index (χ0) is 59.2. The fourth-order valence-corrected chi connectivity index (χ4v) is 17.7.